The van der Waals surface area contributed by atoms with E-state index in [2.05, 4.69) is 25.9 Å². The molecule has 0 bridgehead atoms. The van der Waals surface area contributed by atoms with E-state index in [1.807, 2.05) is 0 Å². The van der Waals surface area contributed by atoms with E-state index in [9.17, 15) is 4.79 Å². The van der Waals surface area contributed by atoms with Gasteiger partial charge in [-0.2, -0.15) is 0 Å². The fourth-order valence-corrected chi connectivity index (χ4v) is 1.99. The fourth-order valence-electron chi connectivity index (χ4n) is 1.50. The quantitative estimate of drug-likeness (QED) is 0.878. The summed E-state index contributed by atoms with van der Waals surface area (Å²) in [7, 11) is 0. The van der Waals surface area contributed by atoms with Gasteiger partial charge in [0.2, 0.25) is 0 Å². The monoisotopic (exact) mass is 326 g/mol. The molecule has 0 unspecified atom stereocenters. The summed E-state index contributed by atoms with van der Waals surface area (Å²) < 4.78 is 0. The van der Waals surface area contributed by atoms with Gasteiger partial charge in [0.25, 0.3) is 0 Å². The van der Waals surface area contributed by atoms with E-state index >= 15 is 0 Å². The van der Waals surface area contributed by atoms with Crippen molar-refractivity contribution in [1.29, 1.82) is 0 Å². The van der Waals surface area contributed by atoms with Crippen LogP contribution in [0, 0.1) is 0 Å². The van der Waals surface area contributed by atoms with E-state index < -0.39 is 5.97 Å². The summed E-state index contributed by atoms with van der Waals surface area (Å²) in [5.41, 5.74) is 0.950. The zero-order valence-electron chi connectivity index (χ0n) is 9.10. The van der Waals surface area contributed by atoms with Gasteiger partial charge < -0.3 is 5.11 Å². The lowest BCUT2D eigenvalue weighted by molar-refractivity contribution is 0.0697. The minimum Gasteiger partial charge on any atom is -0.478 e. The molecule has 0 saturated carbocycles. The van der Waals surface area contributed by atoms with E-state index in [1.165, 1.54) is 6.20 Å². The first-order valence-electron chi connectivity index (χ1n) is 5.03. The van der Waals surface area contributed by atoms with Gasteiger partial charge in [-0.3, -0.25) is 0 Å². The maximum Gasteiger partial charge on any atom is 0.339 e. The van der Waals surface area contributed by atoms with Crippen molar-refractivity contribution < 1.29 is 9.90 Å². The molecule has 1 heterocycles. The SMILES string of the molecule is O=C(O)c1cnc(CBr)nc1-c1ccccc1Cl. The molecule has 1 aromatic carbocycles. The summed E-state index contributed by atoms with van der Waals surface area (Å²) in [6, 6.07) is 6.98. The highest BCUT2D eigenvalue weighted by Crippen LogP contribution is 2.28. The van der Waals surface area contributed by atoms with Crippen molar-refractivity contribution in [1.82, 2.24) is 9.97 Å². The van der Waals surface area contributed by atoms with E-state index in [-0.39, 0.29) is 5.56 Å². The molecule has 0 atom stereocenters. The first-order valence-corrected chi connectivity index (χ1v) is 6.53. The van der Waals surface area contributed by atoms with Crippen LogP contribution in [0.2, 0.25) is 5.02 Å². The van der Waals surface area contributed by atoms with E-state index in [1.54, 1.807) is 24.3 Å². The number of halogens is 2. The Labute approximate surface area is 117 Å². The standard InChI is InChI=1S/C12H8BrClN2O2/c13-5-10-15-6-8(12(17)18)11(16-10)7-3-1-2-4-9(7)14/h1-4,6H,5H2,(H,17,18). The molecule has 1 aromatic heterocycles. The number of carboxylic acids is 1. The molecule has 2 aromatic rings. The number of rotatable bonds is 3. The van der Waals surface area contributed by atoms with Crippen LogP contribution < -0.4 is 0 Å². The molecule has 0 radical (unpaired) electrons. The molecule has 6 heteroatoms. The van der Waals surface area contributed by atoms with Crippen molar-refractivity contribution in [2.75, 3.05) is 0 Å². The molecule has 2 rings (SSSR count). The molecule has 4 nitrogen and oxygen atoms in total. The van der Waals surface area contributed by atoms with Gasteiger partial charge in [-0.25, -0.2) is 14.8 Å². The van der Waals surface area contributed by atoms with Gasteiger partial charge in [-0.1, -0.05) is 45.7 Å². The summed E-state index contributed by atoms with van der Waals surface area (Å²) in [4.78, 5) is 19.3. The Morgan fingerprint density at radius 1 is 1.39 bits per heavy atom. The number of benzene rings is 1. The molecule has 0 spiro atoms. The fraction of sp³-hybridized carbons (Fsp3) is 0.0833. The Hall–Kier alpha value is -1.46. The molecular weight excluding hydrogens is 320 g/mol. The van der Waals surface area contributed by atoms with Crippen LogP contribution in [0.5, 0.6) is 0 Å². The summed E-state index contributed by atoms with van der Waals surface area (Å²) in [5, 5.41) is 10.1. The number of carbonyl (C=O) groups is 1. The second-order valence-electron chi connectivity index (χ2n) is 3.47. The molecule has 0 amide bonds. The molecular formula is C12H8BrClN2O2. The average Bonchev–Trinajstić information content (AvgIpc) is 2.38. The van der Waals surface area contributed by atoms with Gasteiger partial charge in [-0.05, 0) is 6.07 Å². The van der Waals surface area contributed by atoms with Crippen molar-refractivity contribution >= 4 is 33.5 Å². The molecule has 18 heavy (non-hydrogen) atoms. The predicted molar refractivity (Wildman–Crippen MR) is 72.1 cm³/mol. The third kappa shape index (κ3) is 2.52. The maximum absolute atomic E-state index is 11.2. The van der Waals surface area contributed by atoms with Gasteiger partial charge in [0.15, 0.2) is 0 Å². The average molecular weight is 328 g/mol. The third-order valence-electron chi connectivity index (χ3n) is 2.32. The number of hydrogen-bond acceptors (Lipinski definition) is 3. The topological polar surface area (TPSA) is 63.1 Å². The summed E-state index contributed by atoms with van der Waals surface area (Å²) >= 11 is 9.30. The van der Waals surface area contributed by atoms with Crippen LogP contribution in [0.4, 0.5) is 0 Å². The second kappa shape index (κ2) is 5.46. The molecule has 0 aliphatic carbocycles. The molecule has 92 valence electrons. The summed E-state index contributed by atoms with van der Waals surface area (Å²) in [6.07, 6.45) is 1.30. The number of aromatic nitrogens is 2. The zero-order valence-corrected chi connectivity index (χ0v) is 11.4. The minimum atomic E-state index is -1.08. The smallest absolute Gasteiger partial charge is 0.339 e. The predicted octanol–water partition coefficient (Wildman–Crippen LogP) is 3.39. The Bertz CT molecular complexity index is 604. The van der Waals surface area contributed by atoms with Crippen molar-refractivity contribution in [3.05, 3.63) is 46.9 Å². The van der Waals surface area contributed by atoms with Crippen LogP contribution in [0.15, 0.2) is 30.5 Å². The van der Waals surface area contributed by atoms with Crippen LogP contribution in [0.25, 0.3) is 11.3 Å². The number of hydrogen-bond donors (Lipinski definition) is 1. The number of carboxylic acid groups (broad SMARTS) is 1. The van der Waals surface area contributed by atoms with E-state index in [0.29, 0.717) is 27.4 Å². The lowest BCUT2D eigenvalue weighted by Gasteiger charge is -2.08. The molecule has 0 aliphatic heterocycles. The lowest BCUT2D eigenvalue weighted by Crippen LogP contribution is -2.05. The van der Waals surface area contributed by atoms with Gasteiger partial charge >= 0.3 is 5.97 Å². The number of alkyl halides is 1. The van der Waals surface area contributed by atoms with Crippen LogP contribution in [0.1, 0.15) is 16.2 Å². The number of aromatic carboxylic acids is 1. The van der Waals surface area contributed by atoms with Gasteiger partial charge in [0, 0.05) is 16.8 Å². The molecule has 0 fully saturated rings. The summed E-state index contributed by atoms with van der Waals surface area (Å²) in [6.45, 7) is 0. The molecule has 0 saturated heterocycles. The second-order valence-corrected chi connectivity index (χ2v) is 4.44. The Morgan fingerprint density at radius 2 is 2.11 bits per heavy atom. The van der Waals surface area contributed by atoms with Gasteiger partial charge in [0.05, 0.1) is 11.0 Å². The lowest BCUT2D eigenvalue weighted by atomic mass is 10.1. The zero-order chi connectivity index (χ0) is 13.1. The largest absolute Gasteiger partial charge is 0.478 e. The normalized spacial score (nSPS) is 10.3. The van der Waals surface area contributed by atoms with Crippen LogP contribution in [-0.4, -0.2) is 21.0 Å². The van der Waals surface area contributed by atoms with Crippen LogP contribution in [0.3, 0.4) is 0 Å². The highest BCUT2D eigenvalue weighted by Gasteiger charge is 2.16. The Kier molecular flexibility index (Phi) is 3.93. The first kappa shape index (κ1) is 13.0. The Morgan fingerprint density at radius 3 is 2.72 bits per heavy atom. The molecule has 1 N–H and O–H groups in total. The molecule has 0 aliphatic rings. The van der Waals surface area contributed by atoms with E-state index in [0.717, 1.165) is 0 Å². The van der Waals surface area contributed by atoms with Crippen LogP contribution >= 0.6 is 27.5 Å². The highest BCUT2D eigenvalue weighted by molar-refractivity contribution is 9.08. The third-order valence-corrected chi connectivity index (χ3v) is 3.15. The van der Waals surface area contributed by atoms with Crippen LogP contribution in [-0.2, 0) is 5.33 Å². The first-order chi connectivity index (χ1) is 8.63. The summed E-state index contributed by atoms with van der Waals surface area (Å²) in [5.74, 6) is -0.569. The van der Waals surface area contributed by atoms with Gasteiger partial charge in [0.1, 0.15) is 11.4 Å². The van der Waals surface area contributed by atoms with Crippen molar-refractivity contribution in [3.8, 4) is 11.3 Å². The highest BCUT2D eigenvalue weighted by atomic mass is 79.9. The number of nitrogens with zero attached hydrogens (tertiary/aromatic N) is 2. The Balaban J connectivity index is 2.68. The maximum atomic E-state index is 11.2. The van der Waals surface area contributed by atoms with Crippen molar-refractivity contribution in [2.24, 2.45) is 0 Å². The van der Waals surface area contributed by atoms with Crippen molar-refractivity contribution in [2.45, 2.75) is 5.33 Å². The minimum absolute atomic E-state index is 0.0350. The van der Waals surface area contributed by atoms with E-state index in [4.69, 9.17) is 16.7 Å². The van der Waals surface area contributed by atoms with Gasteiger partial charge in [-0.15, -0.1) is 0 Å². The van der Waals surface area contributed by atoms with Crippen molar-refractivity contribution in [3.63, 3.8) is 0 Å².